The van der Waals surface area contributed by atoms with E-state index in [1.165, 1.54) is 5.56 Å². The highest BCUT2D eigenvalue weighted by atomic mass is 16.5. The van der Waals surface area contributed by atoms with Gasteiger partial charge in [-0.1, -0.05) is 30.3 Å². The van der Waals surface area contributed by atoms with Crippen LogP contribution in [0.5, 0.6) is 5.75 Å². The summed E-state index contributed by atoms with van der Waals surface area (Å²) < 4.78 is 10.9. The molecule has 0 aliphatic heterocycles. The van der Waals surface area contributed by atoms with Crippen LogP contribution in [0.1, 0.15) is 11.3 Å². The molecule has 0 fully saturated rings. The van der Waals surface area contributed by atoms with Gasteiger partial charge >= 0.3 is 0 Å². The maximum atomic E-state index is 5.79. The third-order valence-electron chi connectivity index (χ3n) is 3.11. The summed E-state index contributed by atoms with van der Waals surface area (Å²) in [5.74, 6) is 2.37. The van der Waals surface area contributed by atoms with Gasteiger partial charge in [0.05, 0.1) is 13.3 Å². The molecule has 0 saturated heterocycles. The number of hydrogen-bond donors (Lipinski definition) is 0. The van der Waals surface area contributed by atoms with E-state index < -0.39 is 0 Å². The van der Waals surface area contributed by atoms with Crippen LogP contribution in [0.4, 0.5) is 0 Å². The van der Waals surface area contributed by atoms with E-state index in [2.05, 4.69) is 4.98 Å². The van der Waals surface area contributed by atoms with Gasteiger partial charge in [0, 0.05) is 12.0 Å². The number of rotatable bonds is 4. The maximum Gasteiger partial charge on any atom is 0.226 e. The lowest BCUT2D eigenvalue weighted by atomic mass is 10.1. The Morgan fingerprint density at radius 1 is 1.00 bits per heavy atom. The van der Waals surface area contributed by atoms with Gasteiger partial charge < -0.3 is 9.15 Å². The molecule has 0 saturated carbocycles. The molecule has 0 atom stereocenters. The second-order valence-electron chi connectivity index (χ2n) is 4.52. The fourth-order valence-electron chi connectivity index (χ4n) is 2.05. The molecule has 0 bridgehead atoms. The number of hydrogen-bond acceptors (Lipinski definition) is 3. The molecule has 0 aliphatic rings. The molecule has 3 heteroatoms. The molecular formula is C17H15NO2. The van der Waals surface area contributed by atoms with Gasteiger partial charge in [-0.2, -0.15) is 0 Å². The molecule has 0 spiro atoms. The van der Waals surface area contributed by atoms with Crippen molar-refractivity contribution in [3.05, 3.63) is 72.1 Å². The van der Waals surface area contributed by atoms with E-state index in [1.54, 1.807) is 13.3 Å². The van der Waals surface area contributed by atoms with E-state index >= 15 is 0 Å². The summed E-state index contributed by atoms with van der Waals surface area (Å²) in [7, 11) is 1.66. The first-order valence-electron chi connectivity index (χ1n) is 6.48. The van der Waals surface area contributed by atoms with Crippen LogP contribution in [-0.2, 0) is 6.42 Å². The Hall–Kier alpha value is -2.55. The average Bonchev–Trinajstić information content (AvgIpc) is 2.97. The molecule has 0 aliphatic carbocycles. The van der Waals surface area contributed by atoms with Crippen molar-refractivity contribution in [1.82, 2.24) is 4.98 Å². The van der Waals surface area contributed by atoms with Crippen molar-refractivity contribution in [3.8, 4) is 17.2 Å². The largest absolute Gasteiger partial charge is 0.497 e. The van der Waals surface area contributed by atoms with Gasteiger partial charge in [-0.05, 0) is 29.8 Å². The zero-order chi connectivity index (χ0) is 13.8. The van der Waals surface area contributed by atoms with E-state index in [0.717, 1.165) is 23.5 Å². The predicted molar refractivity (Wildman–Crippen MR) is 77.7 cm³/mol. The van der Waals surface area contributed by atoms with Crippen LogP contribution in [0.15, 0.2) is 65.2 Å². The number of aromatic nitrogens is 1. The van der Waals surface area contributed by atoms with Crippen LogP contribution < -0.4 is 4.74 Å². The normalized spacial score (nSPS) is 10.4. The Balaban J connectivity index is 1.77. The van der Waals surface area contributed by atoms with E-state index in [0.29, 0.717) is 5.89 Å². The second kappa shape index (κ2) is 5.61. The van der Waals surface area contributed by atoms with Crippen LogP contribution >= 0.6 is 0 Å². The zero-order valence-corrected chi connectivity index (χ0v) is 11.2. The molecule has 0 amide bonds. The molecule has 0 N–H and O–H groups in total. The lowest BCUT2D eigenvalue weighted by molar-refractivity contribution is 0.414. The van der Waals surface area contributed by atoms with Gasteiger partial charge in [0.15, 0.2) is 0 Å². The number of nitrogens with zero attached hydrogens (tertiary/aromatic N) is 1. The molecule has 1 aromatic heterocycles. The minimum absolute atomic E-state index is 0.661. The fraction of sp³-hybridized carbons (Fsp3) is 0.118. The highest BCUT2D eigenvalue weighted by Gasteiger charge is 2.06. The molecule has 20 heavy (non-hydrogen) atoms. The van der Waals surface area contributed by atoms with E-state index in [9.17, 15) is 0 Å². The number of methoxy groups -OCH3 is 1. The first-order valence-corrected chi connectivity index (χ1v) is 6.48. The maximum absolute atomic E-state index is 5.79. The minimum Gasteiger partial charge on any atom is -0.497 e. The third kappa shape index (κ3) is 2.72. The topological polar surface area (TPSA) is 35.3 Å². The van der Waals surface area contributed by atoms with Crippen molar-refractivity contribution in [2.75, 3.05) is 7.11 Å². The minimum atomic E-state index is 0.661. The van der Waals surface area contributed by atoms with Gasteiger partial charge in [-0.15, -0.1) is 0 Å². The first kappa shape index (κ1) is 12.5. The van der Waals surface area contributed by atoms with E-state index in [-0.39, 0.29) is 0 Å². The standard InChI is InChI=1S/C17H15NO2/c1-19-15-9-7-13(8-10-15)11-16-12-18-17(20-16)14-5-3-2-4-6-14/h2-10,12H,11H2,1H3. The average molecular weight is 265 g/mol. The number of ether oxygens (including phenoxy) is 1. The molecule has 1 heterocycles. The predicted octanol–water partition coefficient (Wildman–Crippen LogP) is 3.94. The van der Waals surface area contributed by atoms with Crippen LogP contribution in [0.25, 0.3) is 11.5 Å². The summed E-state index contributed by atoms with van der Waals surface area (Å²) in [5, 5.41) is 0. The molecule has 100 valence electrons. The van der Waals surface area contributed by atoms with E-state index in [4.69, 9.17) is 9.15 Å². The number of benzene rings is 2. The zero-order valence-electron chi connectivity index (χ0n) is 11.2. The molecule has 3 nitrogen and oxygen atoms in total. The van der Waals surface area contributed by atoms with Crippen molar-refractivity contribution >= 4 is 0 Å². The highest BCUT2D eigenvalue weighted by Crippen LogP contribution is 2.21. The molecule has 0 radical (unpaired) electrons. The highest BCUT2D eigenvalue weighted by molar-refractivity contribution is 5.52. The molecule has 3 aromatic rings. The van der Waals surface area contributed by atoms with Crippen molar-refractivity contribution in [2.24, 2.45) is 0 Å². The van der Waals surface area contributed by atoms with Crippen molar-refractivity contribution in [2.45, 2.75) is 6.42 Å². The van der Waals surface area contributed by atoms with Crippen molar-refractivity contribution in [1.29, 1.82) is 0 Å². The Labute approximate surface area is 117 Å². The summed E-state index contributed by atoms with van der Waals surface area (Å²) >= 11 is 0. The number of oxazole rings is 1. The lowest BCUT2D eigenvalue weighted by Crippen LogP contribution is -1.87. The van der Waals surface area contributed by atoms with Crippen LogP contribution in [0.2, 0.25) is 0 Å². The summed E-state index contributed by atoms with van der Waals surface area (Å²) in [4.78, 5) is 4.32. The van der Waals surface area contributed by atoms with Gasteiger partial charge in [-0.25, -0.2) is 4.98 Å². The van der Waals surface area contributed by atoms with Gasteiger partial charge in [0.25, 0.3) is 0 Å². The van der Waals surface area contributed by atoms with Gasteiger partial charge in [-0.3, -0.25) is 0 Å². The fourth-order valence-corrected chi connectivity index (χ4v) is 2.05. The van der Waals surface area contributed by atoms with E-state index in [1.807, 2.05) is 54.6 Å². The SMILES string of the molecule is COc1ccc(Cc2cnc(-c3ccccc3)o2)cc1. The quantitative estimate of drug-likeness (QED) is 0.716. The Morgan fingerprint density at radius 2 is 1.75 bits per heavy atom. The Bertz CT molecular complexity index is 672. The molecule has 3 rings (SSSR count). The summed E-state index contributed by atoms with van der Waals surface area (Å²) in [5.41, 5.74) is 2.16. The summed E-state index contributed by atoms with van der Waals surface area (Å²) in [6.07, 6.45) is 2.51. The summed E-state index contributed by atoms with van der Waals surface area (Å²) in [6.45, 7) is 0. The Kier molecular flexibility index (Phi) is 3.50. The molecule has 0 unspecified atom stereocenters. The van der Waals surface area contributed by atoms with Gasteiger partial charge in [0.2, 0.25) is 5.89 Å². The molecule has 2 aromatic carbocycles. The van der Waals surface area contributed by atoms with Crippen LogP contribution in [0.3, 0.4) is 0 Å². The van der Waals surface area contributed by atoms with Crippen molar-refractivity contribution in [3.63, 3.8) is 0 Å². The van der Waals surface area contributed by atoms with Crippen LogP contribution in [-0.4, -0.2) is 12.1 Å². The third-order valence-corrected chi connectivity index (χ3v) is 3.11. The van der Waals surface area contributed by atoms with Crippen LogP contribution in [0, 0.1) is 0 Å². The second-order valence-corrected chi connectivity index (χ2v) is 4.52. The lowest BCUT2D eigenvalue weighted by Gasteiger charge is -2.01. The van der Waals surface area contributed by atoms with Gasteiger partial charge in [0.1, 0.15) is 11.5 Å². The Morgan fingerprint density at radius 3 is 2.45 bits per heavy atom. The summed E-state index contributed by atoms with van der Waals surface area (Å²) in [6, 6.07) is 17.9. The smallest absolute Gasteiger partial charge is 0.226 e. The molecular weight excluding hydrogens is 250 g/mol. The first-order chi connectivity index (χ1) is 9.85. The van der Waals surface area contributed by atoms with Crippen molar-refractivity contribution < 1.29 is 9.15 Å². The monoisotopic (exact) mass is 265 g/mol.